The number of carbonyl (C=O) groups is 2. The lowest BCUT2D eigenvalue weighted by Crippen LogP contribution is -2.13. The van der Waals surface area contributed by atoms with Crippen LogP contribution in [0.2, 0.25) is 0 Å². The highest BCUT2D eigenvalue weighted by atomic mass is 32.2. The number of hydrogen-bond acceptors (Lipinski definition) is 6. The molecule has 3 rings (SSSR count). The van der Waals surface area contributed by atoms with Crippen molar-refractivity contribution in [3.8, 4) is 17.0 Å². The zero-order valence-corrected chi connectivity index (χ0v) is 19.1. The van der Waals surface area contributed by atoms with Crippen molar-refractivity contribution >= 4 is 45.7 Å². The SMILES string of the molecule is CCCCC(=O)Nc1ccc(SCC(=O)Nc2nc(-c3ccccc3OC)cs2)cc1. The number of thioether (sulfide) groups is 1. The van der Waals surface area contributed by atoms with Crippen molar-refractivity contribution in [1.29, 1.82) is 0 Å². The lowest BCUT2D eigenvalue weighted by Gasteiger charge is -2.06. The average molecular weight is 456 g/mol. The third-order valence-electron chi connectivity index (χ3n) is 4.40. The Hall–Kier alpha value is -2.84. The molecule has 6 nitrogen and oxygen atoms in total. The van der Waals surface area contributed by atoms with Crippen LogP contribution in [0, 0.1) is 0 Å². The topological polar surface area (TPSA) is 80.3 Å². The van der Waals surface area contributed by atoms with Crippen molar-refractivity contribution in [3.63, 3.8) is 0 Å². The Morgan fingerprint density at radius 1 is 1.06 bits per heavy atom. The molecule has 0 unspecified atom stereocenters. The van der Waals surface area contributed by atoms with Gasteiger partial charge in [-0.15, -0.1) is 23.1 Å². The summed E-state index contributed by atoms with van der Waals surface area (Å²) in [6, 6.07) is 15.1. The van der Waals surface area contributed by atoms with Gasteiger partial charge in [-0.2, -0.15) is 0 Å². The monoisotopic (exact) mass is 455 g/mol. The number of ether oxygens (including phenoxy) is 1. The van der Waals surface area contributed by atoms with Gasteiger partial charge in [0.05, 0.1) is 18.6 Å². The number of hydrogen-bond donors (Lipinski definition) is 2. The fourth-order valence-corrected chi connectivity index (χ4v) is 4.24. The smallest absolute Gasteiger partial charge is 0.236 e. The number of nitrogens with one attached hydrogen (secondary N) is 2. The number of methoxy groups -OCH3 is 1. The van der Waals surface area contributed by atoms with Crippen molar-refractivity contribution in [1.82, 2.24) is 4.98 Å². The van der Waals surface area contributed by atoms with Gasteiger partial charge in [0.1, 0.15) is 5.75 Å². The Labute approximate surface area is 190 Å². The van der Waals surface area contributed by atoms with E-state index >= 15 is 0 Å². The Balaban J connectivity index is 1.49. The molecule has 0 bridgehead atoms. The molecule has 2 amide bonds. The Morgan fingerprint density at radius 2 is 1.84 bits per heavy atom. The van der Waals surface area contributed by atoms with Crippen LogP contribution in [-0.2, 0) is 9.59 Å². The molecule has 0 spiro atoms. The van der Waals surface area contributed by atoms with Crippen molar-refractivity contribution in [3.05, 3.63) is 53.9 Å². The fourth-order valence-electron chi connectivity index (χ4n) is 2.81. The number of anilines is 2. The van der Waals surface area contributed by atoms with Gasteiger partial charge >= 0.3 is 0 Å². The number of nitrogens with zero attached hydrogens (tertiary/aromatic N) is 1. The van der Waals surface area contributed by atoms with Crippen LogP contribution in [0.4, 0.5) is 10.8 Å². The van der Waals surface area contributed by atoms with E-state index in [0.29, 0.717) is 11.6 Å². The minimum absolute atomic E-state index is 0.0255. The zero-order chi connectivity index (χ0) is 22.1. The molecule has 0 saturated carbocycles. The van der Waals surface area contributed by atoms with E-state index in [1.807, 2.05) is 53.9 Å². The molecule has 0 atom stereocenters. The quantitative estimate of drug-likeness (QED) is 0.385. The summed E-state index contributed by atoms with van der Waals surface area (Å²) in [4.78, 5) is 29.6. The van der Waals surface area contributed by atoms with Crippen LogP contribution in [0.3, 0.4) is 0 Å². The summed E-state index contributed by atoms with van der Waals surface area (Å²) in [6.45, 7) is 2.06. The normalized spacial score (nSPS) is 10.5. The van der Waals surface area contributed by atoms with Crippen molar-refractivity contribution < 1.29 is 14.3 Å². The van der Waals surface area contributed by atoms with Crippen molar-refractivity contribution in [2.75, 3.05) is 23.5 Å². The lowest BCUT2D eigenvalue weighted by molar-refractivity contribution is -0.116. The van der Waals surface area contributed by atoms with E-state index < -0.39 is 0 Å². The molecule has 1 heterocycles. The third kappa shape index (κ3) is 6.83. The van der Waals surface area contributed by atoms with E-state index in [2.05, 4.69) is 22.5 Å². The van der Waals surface area contributed by atoms with Crippen LogP contribution >= 0.6 is 23.1 Å². The molecular weight excluding hydrogens is 430 g/mol. The molecule has 0 saturated heterocycles. The molecule has 0 aliphatic heterocycles. The maximum atomic E-state index is 12.3. The summed E-state index contributed by atoms with van der Waals surface area (Å²) in [5, 5.41) is 8.18. The van der Waals surface area contributed by atoms with Gasteiger partial charge in [-0.1, -0.05) is 25.5 Å². The van der Waals surface area contributed by atoms with E-state index in [4.69, 9.17) is 4.74 Å². The number of amides is 2. The average Bonchev–Trinajstić information content (AvgIpc) is 3.25. The first kappa shape index (κ1) is 22.8. The molecule has 1 aromatic heterocycles. The van der Waals surface area contributed by atoms with Gasteiger partial charge in [-0.3, -0.25) is 9.59 Å². The van der Waals surface area contributed by atoms with E-state index in [1.54, 1.807) is 7.11 Å². The molecule has 162 valence electrons. The van der Waals surface area contributed by atoms with E-state index in [-0.39, 0.29) is 17.6 Å². The molecule has 8 heteroatoms. The predicted octanol–water partition coefficient (Wildman–Crippen LogP) is 5.68. The number of carbonyl (C=O) groups excluding carboxylic acids is 2. The first-order chi connectivity index (χ1) is 15.1. The van der Waals surface area contributed by atoms with Crippen LogP contribution in [0.1, 0.15) is 26.2 Å². The summed E-state index contributed by atoms with van der Waals surface area (Å²) < 4.78 is 5.38. The number of para-hydroxylation sites is 1. The predicted molar refractivity (Wildman–Crippen MR) is 128 cm³/mol. The van der Waals surface area contributed by atoms with Gasteiger partial charge in [0.2, 0.25) is 11.8 Å². The number of unbranched alkanes of at least 4 members (excludes halogenated alkanes) is 1. The van der Waals surface area contributed by atoms with Crippen molar-refractivity contribution in [2.45, 2.75) is 31.1 Å². The van der Waals surface area contributed by atoms with Crippen LogP contribution in [0.25, 0.3) is 11.3 Å². The number of aromatic nitrogens is 1. The summed E-state index contributed by atoms with van der Waals surface area (Å²) in [7, 11) is 1.62. The minimum atomic E-state index is -0.122. The number of rotatable bonds is 10. The van der Waals surface area contributed by atoms with Crippen LogP contribution in [-0.4, -0.2) is 29.7 Å². The van der Waals surface area contributed by atoms with Gasteiger partial charge in [0, 0.05) is 27.9 Å². The Kier molecular flexibility index (Phi) is 8.49. The van der Waals surface area contributed by atoms with Gasteiger partial charge < -0.3 is 15.4 Å². The minimum Gasteiger partial charge on any atom is -0.496 e. The molecule has 0 radical (unpaired) electrons. The first-order valence-electron chi connectivity index (χ1n) is 10.0. The van der Waals surface area contributed by atoms with Gasteiger partial charge in [-0.05, 0) is 42.8 Å². The van der Waals surface area contributed by atoms with Crippen LogP contribution in [0.15, 0.2) is 58.8 Å². The highest BCUT2D eigenvalue weighted by Gasteiger charge is 2.11. The highest BCUT2D eigenvalue weighted by molar-refractivity contribution is 8.00. The van der Waals surface area contributed by atoms with E-state index in [9.17, 15) is 9.59 Å². The van der Waals surface area contributed by atoms with E-state index in [0.717, 1.165) is 40.4 Å². The summed E-state index contributed by atoms with van der Waals surface area (Å²) in [5.41, 5.74) is 2.42. The summed E-state index contributed by atoms with van der Waals surface area (Å²) in [5.74, 6) is 0.915. The molecule has 3 aromatic rings. The Bertz CT molecular complexity index is 1020. The molecule has 2 aromatic carbocycles. The molecule has 0 aliphatic rings. The maximum absolute atomic E-state index is 12.3. The van der Waals surface area contributed by atoms with Gasteiger partial charge in [0.15, 0.2) is 5.13 Å². The first-order valence-corrected chi connectivity index (χ1v) is 11.9. The summed E-state index contributed by atoms with van der Waals surface area (Å²) >= 11 is 2.81. The van der Waals surface area contributed by atoms with Crippen molar-refractivity contribution in [2.24, 2.45) is 0 Å². The lowest BCUT2D eigenvalue weighted by atomic mass is 10.1. The zero-order valence-electron chi connectivity index (χ0n) is 17.5. The molecule has 2 N–H and O–H groups in total. The highest BCUT2D eigenvalue weighted by Crippen LogP contribution is 2.32. The second-order valence-corrected chi connectivity index (χ2v) is 8.66. The molecule has 0 aliphatic carbocycles. The molecule has 31 heavy (non-hydrogen) atoms. The van der Waals surface area contributed by atoms with Gasteiger partial charge in [-0.25, -0.2) is 4.98 Å². The van der Waals surface area contributed by atoms with Crippen LogP contribution in [0.5, 0.6) is 5.75 Å². The third-order valence-corrected chi connectivity index (χ3v) is 6.17. The largest absolute Gasteiger partial charge is 0.496 e. The second-order valence-electron chi connectivity index (χ2n) is 6.75. The van der Waals surface area contributed by atoms with Crippen LogP contribution < -0.4 is 15.4 Å². The molecule has 0 fully saturated rings. The molecular formula is C23H25N3O3S2. The number of thiazole rings is 1. The second kappa shape index (κ2) is 11.5. The number of benzene rings is 2. The standard InChI is InChI=1S/C23H25N3O3S2/c1-3-4-9-21(27)24-16-10-12-17(13-11-16)30-15-22(28)26-23-25-19(14-31-23)18-7-5-6-8-20(18)29-2/h5-8,10-14H,3-4,9,15H2,1-2H3,(H,24,27)(H,25,26,28). The maximum Gasteiger partial charge on any atom is 0.236 e. The van der Waals surface area contributed by atoms with Gasteiger partial charge in [0.25, 0.3) is 0 Å². The van der Waals surface area contributed by atoms with E-state index in [1.165, 1.54) is 23.1 Å². The Morgan fingerprint density at radius 3 is 2.58 bits per heavy atom. The summed E-state index contributed by atoms with van der Waals surface area (Å²) in [6.07, 6.45) is 2.41. The fraction of sp³-hybridized carbons (Fsp3) is 0.261.